The van der Waals surface area contributed by atoms with Gasteiger partial charge in [-0.25, -0.2) is 0 Å². The average Bonchev–Trinajstić information content (AvgIpc) is 2.40. The summed E-state index contributed by atoms with van der Waals surface area (Å²) in [7, 11) is 0. The molecule has 0 aliphatic rings. The number of aryl methyl sites for hydroxylation is 1. The van der Waals surface area contributed by atoms with Crippen LogP contribution in [0.15, 0.2) is 18.2 Å². The number of thiophene rings is 1. The van der Waals surface area contributed by atoms with Crippen LogP contribution in [0.25, 0.3) is 10.1 Å². The fourth-order valence-electron chi connectivity index (χ4n) is 1.36. The molecule has 2 rings (SSSR count). The maximum Gasteiger partial charge on any atom is 0.0981 e. The third kappa shape index (κ3) is 1.63. The highest BCUT2D eigenvalue weighted by Gasteiger charge is 2.08. The van der Waals surface area contributed by atoms with Crippen LogP contribution >= 0.6 is 38.9 Å². The molecule has 0 aliphatic carbocycles. The van der Waals surface area contributed by atoms with Crippen molar-refractivity contribution in [3.05, 3.63) is 33.7 Å². The van der Waals surface area contributed by atoms with Gasteiger partial charge in [0.15, 0.2) is 0 Å². The molecule has 0 radical (unpaired) electrons. The summed E-state index contributed by atoms with van der Waals surface area (Å²) in [6.07, 6.45) is 0. The van der Waals surface area contributed by atoms with E-state index >= 15 is 0 Å². The molecule has 0 nitrogen and oxygen atoms in total. The van der Waals surface area contributed by atoms with Crippen LogP contribution in [0.3, 0.4) is 0 Å². The lowest BCUT2D eigenvalue weighted by molar-refractivity contribution is 1.48. The van der Waals surface area contributed by atoms with Gasteiger partial charge < -0.3 is 0 Å². The van der Waals surface area contributed by atoms with Crippen molar-refractivity contribution >= 4 is 49.0 Å². The molecule has 68 valence electrons. The lowest BCUT2D eigenvalue weighted by atomic mass is 10.1. The van der Waals surface area contributed by atoms with Crippen molar-refractivity contribution in [2.45, 2.75) is 12.3 Å². The van der Waals surface area contributed by atoms with Gasteiger partial charge in [0.2, 0.25) is 0 Å². The summed E-state index contributed by atoms with van der Waals surface area (Å²) in [5.74, 6) is 0. The van der Waals surface area contributed by atoms with E-state index in [1.165, 1.54) is 21.2 Å². The molecule has 0 N–H and O–H groups in total. The second-order valence-electron chi connectivity index (χ2n) is 2.99. The zero-order valence-electron chi connectivity index (χ0n) is 7.10. The Kier molecular flexibility index (Phi) is 2.63. The monoisotopic (exact) mass is 274 g/mol. The summed E-state index contributed by atoms with van der Waals surface area (Å²) >= 11 is 11.2. The minimum atomic E-state index is 0.829. The van der Waals surface area contributed by atoms with Crippen LogP contribution in [-0.4, -0.2) is 0 Å². The van der Waals surface area contributed by atoms with Crippen molar-refractivity contribution in [2.75, 3.05) is 0 Å². The number of benzene rings is 1. The summed E-state index contributed by atoms with van der Waals surface area (Å²) in [5, 5.41) is 2.11. The van der Waals surface area contributed by atoms with Gasteiger partial charge in [0.1, 0.15) is 0 Å². The molecule has 0 atom stereocenters. The molecule has 0 fully saturated rings. The Balaban J connectivity index is 2.80. The second-order valence-corrected chi connectivity index (χ2v) is 5.20. The molecule has 0 bridgehead atoms. The normalized spacial score (nSPS) is 11.0. The molecule has 0 aliphatic heterocycles. The summed E-state index contributed by atoms with van der Waals surface area (Å²) in [5.41, 5.74) is 2.49. The minimum absolute atomic E-state index is 0.829. The predicted octanol–water partition coefficient (Wildman–Crippen LogP) is 4.76. The van der Waals surface area contributed by atoms with Crippen LogP contribution in [0, 0.1) is 6.92 Å². The Hall–Kier alpha value is -0.0500. The standard InChI is InChI=1S/C10H8BrClS/c1-6-2-3-9-7(4-6)8(5-11)10(12)13-9/h2-4H,5H2,1H3. The molecule has 3 heteroatoms. The summed E-state index contributed by atoms with van der Waals surface area (Å²) in [4.78, 5) is 0. The number of fused-ring (bicyclic) bond motifs is 1. The lowest BCUT2D eigenvalue weighted by Gasteiger charge is -1.95. The number of halogens is 2. The van der Waals surface area contributed by atoms with Gasteiger partial charge in [-0.2, -0.15) is 0 Å². The first-order chi connectivity index (χ1) is 6.22. The van der Waals surface area contributed by atoms with Gasteiger partial charge in [0.25, 0.3) is 0 Å². The SMILES string of the molecule is Cc1ccc2sc(Cl)c(CBr)c2c1. The molecular weight excluding hydrogens is 268 g/mol. The quantitative estimate of drug-likeness (QED) is 0.658. The zero-order valence-corrected chi connectivity index (χ0v) is 10.3. The minimum Gasteiger partial charge on any atom is -0.123 e. The van der Waals surface area contributed by atoms with Crippen molar-refractivity contribution < 1.29 is 0 Å². The lowest BCUT2D eigenvalue weighted by Crippen LogP contribution is -1.75. The fourth-order valence-corrected chi connectivity index (χ4v) is 3.63. The Morgan fingerprint density at radius 2 is 2.23 bits per heavy atom. The van der Waals surface area contributed by atoms with E-state index in [-0.39, 0.29) is 0 Å². The van der Waals surface area contributed by atoms with Crippen LogP contribution in [-0.2, 0) is 5.33 Å². The van der Waals surface area contributed by atoms with Crippen LogP contribution in [0.2, 0.25) is 4.34 Å². The molecule has 13 heavy (non-hydrogen) atoms. The summed E-state index contributed by atoms with van der Waals surface area (Å²) in [6, 6.07) is 6.44. The van der Waals surface area contributed by atoms with E-state index in [1.807, 2.05) is 0 Å². The largest absolute Gasteiger partial charge is 0.123 e. The van der Waals surface area contributed by atoms with Crippen molar-refractivity contribution in [1.82, 2.24) is 0 Å². The Bertz CT molecular complexity index is 447. The molecule has 0 unspecified atom stereocenters. The average molecular weight is 276 g/mol. The van der Waals surface area contributed by atoms with Crippen molar-refractivity contribution in [1.29, 1.82) is 0 Å². The number of hydrogen-bond donors (Lipinski definition) is 0. The first-order valence-corrected chi connectivity index (χ1v) is 6.27. The predicted molar refractivity (Wildman–Crippen MR) is 64.2 cm³/mol. The van der Waals surface area contributed by atoms with Gasteiger partial charge in [-0.15, -0.1) is 11.3 Å². The first kappa shape index (κ1) is 9.50. The maximum atomic E-state index is 6.11. The van der Waals surface area contributed by atoms with E-state index < -0.39 is 0 Å². The van der Waals surface area contributed by atoms with E-state index in [0.717, 1.165) is 9.67 Å². The first-order valence-electron chi connectivity index (χ1n) is 3.96. The Morgan fingerprint density at radius 1 is 1.46 bits per heavy atom. The Labute approximate surface area is 94.7 Å². The topological polar surface area (TPSA) is 0 Å². The molecule has 0 saturated carbocycles. The molecule has 1 aromatic carbocycles. The summed E-state index contributed by atoms with van der Waals surface area (Å²) < 4.78 is 2.17. The highest BCUT2D eigenvalue weighted by atomic mass is 79.9. The molecule has 2 aromatic rings. The van der Waals surface area contributed by atoms with Crippen molar-refractivity contribution in [3.8, 4) is 0 Å². The van der Waals surface area contributed by atoms with Crippen LogP contribution in [0.1, 0.15) is 11.1 Å². The van der Waals surface area contributed by atoms with Crippen molar-refractivity contribution in [2.24, 2.45) is 0 Å². The zero-order chi connectivity index (χ0) is 9.42. The maximum absolute atomic E-state index is 6.11. The van der Waals surface area contributed by atoms with Crippen LogP contribution < -0.4 is 0 Å². The van der Waals surface area contributed by atoms with E-state index in [2.05, 4.69) is 41.1 Å². The van der Waals surface area contributed by atoms with E-state index in [0.29, 0.717) is 0 Å². The molecular formula is C10H8BrClS. The molecule has 1 aromatic heterocycles. The van der Waals surface area contributed by atoms with Gasteiger partial charge >= 0.3 is 0 Å². The highest BCUT2D eigenvalue weighted by Crippen LogP contribution is 2.36. The molecule has 0 amide bonds. The van der Waals surface area contributed by atoms with Gasteiger partial charge in [-0.1, -0.05) is 45.2 Å². The molecule has 1 heterocycles. The van der Waals surface area contributed by atoms with E-state index in [4.69, 9.17) is 11.6 Å². The van der Waals surface area contributed by atoms with E-state index in [1.54, 1.807) is 11.3 Å². The van der Waals surface area contributed by atoms with Crippen LogP contribution in [0.4, 0.5) is 0 Å². The van der Waals surface area contributed by atoms with Gasteiger partial charge in [0.05, 0.1) is 4.34 Å². The van der Waals surface area contributed by atoms with Gasteiger partial charge in [0, 0.05) is 15.6 Å². The smallest absolute Gasteiger partial charge is 0.0981 e. The van der Waals surface area contributed by atoms with Gasteiger partial charge in [-0.05, 0) is 18.4 Å². The molecule has 0 saturated heterocycles. The summed E-state index contributed by atoms with van der Waals surface area (Å²) in [6.45, 7) is 2.10. The number of hydrogen-bond acceptors (Lipinski definition) is 1. The fraction of sp³-hybridized carbons (Fsp3) is 0.200. The number of rotatable bonds is 1. The second kappa shape index (κ2) is 3.60. The highest BCUT2D eigenvalue weighted by molar-refractivity contribution is 9.08. The number of alkyl halides is 1. The van der Waals surface area contributed by atoms with Crippen LogP contribution in [0.5, 0.6) is 0 Å². The molecule has 0 spiro atoms. The third-order valence-electron chi connectivity index (χ3n) is 2.03. The Morgan fingerprint density at radius 3 is 2.92 bits per heavy atom. The van der Waals surface area contributed by atoms with Crippen molar-refractivity contribution in [3.63, 3.8) is 0 Å². The van der Waals surface area contributed by atoms with E-state index in [9.17, 15) is 0 Å². The van der Waals surface area contributed by atoms with Gasteiger partial charge in [-0.3, -0.25) is 0 Å². The third-order valence-corrected chi connectivity index (χ3v) is 4.05.